The van der Waals surface area contributed by atoms with Crippen molar-refractivity contribution in [1.82, 2.24) is 41.9 Å². The second-order valence-corrected chi connectivity index (χ2v) is 18.2. The van der Waals surface area contributed by atoms with Gasteiger partial charge in [0, 0.05) is 43.6 Å². The highest BCUT2D eigenvalue weighted by Crippen LogP contribution is 2.30. The van der Waals surface area contributed by atoms with Gasteiger partial charge in [0.1, 0.15) is 36.3 Å². The van der Waals surface area contributed by atoms with Crippen LogP contribution < -0.4 is 69.8 Å². The van der Waals surface area contributed by atoms with Gasteiger partial charge in [-0.3, -0.25) is 33.6 Å². The Morgan fingerprint density at radius 3 is 1.65 bits per heavy atom. The molecule has 7 amide bonds. The second-order valence-electron chi connectivity index (χ2n) is 16.5. The van der Waals surface area contributed by atoms with Crippen molar-refractivity contribution in [1.29, 1.82) is 0 Å². The first-order valence-electron chi connectivity index (χ1n) is 21.5. The van der Waals surface area contributed by atoms with Gasteiger partial charge in [-0.2, -0.15) is 0 Å². The van der Waals surface area contributed by atoms with Crippen molar-refractivity contribution in [3.63, 3.8) is 0 Å². The molecule has 1 saturated heterocycles. The SMILES string of the molecule is CC(C)C[C@@H]1NC(=O)[C@@H](CNS(=O)(=O)c2cccc3c(N(C)C)cccc23)NC(=O)[C@H](CCN)NC(=O)[C@@H](N)CCNC(=O)[C@H](C(C)O)NC(=O)[C@H](CCN)NC(=O)[C@H](CCN)NC1=O. The normalized spacial score (nSPS) is 24.5. The molecule has 24 heteroatoms. The summed E-state index contributed by atoms with van der Waals surface area (Å²) in [5, 5.41) is 29.0. The molecule has 0 saturated carbocycles. The number of anilines is 1. The quantitative estimate of drug-likeness (QED) is 0.0848. The van der Waals surface area contributed by atoms with E-state index in [1.807, 2.05) is 11.0 Å². The fourth-order valence-corrected chi connectivity index (χ4v) is 8.26. The summed E-state index contributed by atoms with van der Waals surface area (Å²) in [6.07, 6.45) is -2.02. The fraction of sp³-hybridized carbons (Fsp3) is 0.585. The summed E-state index contributed by atoms with van der Waals surface area (Å²) in [6, 6.07) is -0.172. The van der Waals surface area contributed by atoms with E-state index in [2.05, 4.69) is 41.9 Å². The summed E-state index contributed by atoms with van der Waals surface area (Å²) in [6.45, 7) is 3.47. The molecule has 2 aromatic carbocycles. The fourth-order valence-electron chi connectivity index (χ4n) is 7.00. The third-order valence-electron chi connectivity index (χ3n) is 10.5. The van der Waals surface area contributed by atoms with Crippen LogP contribution in [0.1, 0.15) is 52.9 Å². The van der Waals surface area contributed by atoms with Gasteiger partial charge in [0.25, 0.3) is 0 Å². The largest absolute Gasteiger partial charge is 0.391 e. The van der Waals surface area contributed by atoms with Gasteiger partial charge in [-0.25, -0.2) is 13.1 Å². The molecule has 0 aromatic heterocycles. The number of nitrogens with zero attached hydrogens (tertiary/aromatic N) is 1. The van der Waals surface area contributed by atoms with Crippen LogP contribution >= 0.6 is 0 Å². The van der Waals surface area contributed by atoms with Crippen molar-refractivity contribution in [2.24, 2.45) is 28.9 Å². The Bertz CT molecular complexity index is 2110. The predicted octanol–water partition coefficient (Wildman–Crippen LogP) is -4.59. The molecule has 23 nitrogen and oxygen atoms in total. The predicted molar refractivity (Wildman–Crippen MR) is 243 cm³/mol. The zero-order chi connectivity index (χ0) is 48.6. The van der Waals surface area contributed by atoms with Crippen LogP contribution in [0.4, 0.5) is 5.69 Å². The third kappa shape index (κ3) is 15.6. The molecule has 0 bridgehead atoms. The molecule has 1 heterocycles. The highest BCUT2D eigenvalue weighted by atomic mass is 32.2. The van der Waals surface area contributed by atoms with Crippen molar-refractivity contribution < 1.29 is 47.1 Å². The molecule has 17 N–H and O–H groups in total. The zero-order valence-electron chi connectivity index (χ0n) is 37.5. The van der Waals surface area contributed by atoms with Crippen molar-refractivity contribution in [2.45, 2.75) is 106 Å². The van der Waals surface area contributed by atoms with Crippen LogP contribution in [0, 0.1) is 5.92 Å². The summed E-state index contributed by atoms with van der Waals surface area (Å²) < 4.78 is 30.5. The number of aliphatic hydroxyl groups is 1. The van der Waals surface area contributed by atoms with Gasteiger partial charge >= 0.3 is 0 Å². The number of hydrogen-bond donors (Lipinski definition) is 13. The molecule has 1 aliphatic heterocycles. The topological polar surface area (TPSA) is 377 Å². The highest BCUT2D eigenvalue weighted by molar-refractivity contribution is 7.89. The van der Waals surface area contributed by atoms with Gasteiger partial charge in [0.05, 0.1) is 17.0 Å². The first-order chi connectivity index (χ1) is 30.6. The number of amides is 7. The summed E-state index contributed by atoms with van der Waals surface area (Å²) >= 11 is 0. The van der Waals surface area contributed by atoms with E-state index in [-0.39, 0.29) is 69.1 Å². The van der Waals surface area contributed by atoms with E-state index in [0.29, 0.717) is 10.8 Å². The Kier molecular flexibility index (Phi) is 20.9. The number of carbonyl (C=O) groups excluding carboxylic acids is 7. The third-order valence-corrected chi connectivity index (χ3v) is 12.0. The maximum Gasteiger partial charge on any atom is 0.245 e. The minimum atomic E-state index is -4.41. The minimum Gasteiger partial charge on any atom is -0.391 e. The number of nitrogens with two attached hydrogens (primary N) is 4. The standard InChI is InChI=1S/C41H67N13O10S/c1-22(2)20-30-39(60)50-28(13-17-43)36(57)49-29(14-18-44)38(59)53-34(23(3)55)41(62)46-19-15-26(45)35(56)48-27(12-16-42)37(58)52-31(40(61)51-30)21-47-65(63,64)33-11-7-8-24-25(33)9-6-10-32(24)54(4)5/h6-11,22-23,26-31,34,47,55H,12-21,42-45H2,1-5H3,(H,46,62)(H,48,56)(H,49,57)(H,50,60)(H,51,61)(H,52,58)(H,53,59)/t23?,26-,27-,28-,29-,30-,31+,34-/m0/s1. The number of benzene rings is 2. The smallest absolute Gasteiger partial charge is 0.245 e. The minimum absolute atomic E-state index is 0.00408. The van der Waals surface area contributed by atoms with E-state index in [0.717, 1.165) is 5.69 Å². The van der Waals surface area contributed by atoms with E-state index >= 15 is 0 Å². The van der Waals surface area contributed by atoms with Crippen LogP contribution in [0.3, 0.4) is 0 Å². The van der Waals surface area contributed by atoms with Crippen LogP contribution in [-0.4, -0.2) is 150 Å². The van der Waals surface area contributed by atoms with Crippen molar-refractivity contribution >= 4 is 67.8 Å². The molecular weight excluding hydrogens is 867 g/mol. The number of nitrogens with one attached hydrogen (secondary N) is 8. The molecule has 1 aliphatic rings. The molecule has 1 fully saturated rings. The number of hydrogen-bond acceptors (Lipinski definition) is 15. The molecule has 8 atom stereocenters. The lowest BCUT2D eigenvalue weighted by molar-refractivity contribution is -0.136. The number of carbonyl (C=O) groups is 7. The van der Waals surface area contributed by atoms with E-state index in [9.17, 15) is 47.1 Å². The maximum absolute atomic E-state index is 14.3. The molecule has 362 valence electrons. The van der Waals surface area contributed by atoms with Crippen LogP contribution in [0.15, 0.2) is 41.3 Å². The molecular formula is C41H67N13O10S. The summed E-state index contributed by atoms with van der Waals surface area (Å²) in [7, 11) is -0.797. The summed E-state index contributed by atoms with van der Waals surface area (Å²) in [4.78, 5) is 97.6. The Balaban J connectivity index is 2.10. The zero-order valence-corrected chi connectivity index (χ0v) is 38.3. The number of fused-ring (bicyclic) bond motifs is 1. The molecule has 2 aromatic rings. The lowest BCUT2D eigenvalue weighted by Crippen LogP contribution is -2.62. The Hall–Kier alpha value is -5.50. The number of sulfonamides is 1. The Morgan fingerprint density at radius 1 is 0.662 bits per heavy atom. The van der Waals surface area contributed by atoms with Crippen LogP contribution in [0.25, 0.3) is 10.8 Å². The van der Waals surface area contributed by atoms with Gasteiger partial charge in [0.15, 0.2) is 0 Å². The van der Waals surface area contributed by atoms with Gasteiger partial charge in [-0.05, 0) is 76.7 Å². The molecule has 3 rings (SSSR count). The van der Waals surface area contributed by atoms with Gasteiger partial charge in [0.2, 0.25) is 51.4 Å². The van der Waals surface area contributed by atoms with E-state index in [4.69, 9.17) is 22.9 Å². The van der Waals surface area contributed by atoms with Crippen molar-refractivity contribution in [2.75, 3.05) is 51.7 Å². The van der Waals surface area contributed by atoms with Gasteiger partial charge < -0.3 is 70.2 Å². The monoisotopic (exact) mass is 933 g/mol. The average Bonchev–Trinajstić information content (AvgIpc) is 3.24. The maximum atomic E-state index is 14.3. The lowest BCUT2D eigenvalue weighted by Gasteiger charge is -2.28. The lowest BCUT2D eigenvalue weighted by atomic mass is 10.0. The first kappa shape index (κ1) is 53.8. The van der Waals surface area contributed by atoms with E-state index < -0.39 is 106 Å². The highest BCUT2D eigenvalue weighted by Gasteiger charge is 2.35. The summed E-state index contributed by atoms with van der Waals surface area (Å²) in [5.41, 5.74) is 24.2. The number of aliphatic hydroxyl groups excluding tert-OH is 1. The second kappa shape index (κ2) is 25.3. The molecule has 0 spiro atoms. The molecule has 0 radical (unpaired) electrons. The van der Waals surface area contributed by atoms with Gasteiger partial charge in [-0.1, -0.05) is 38.1 Å². The summed E-state index contributed by atoms with van der Waals surface area (Å²) in [5.74, 6) is -6.49. The number of rotatable bonds is 14. The molecule has 1 unspecified atom stereocenters. The molecule has 65 heavy (non-hydrogen) atoms. The van der Waals surface area contributed by atoms with Crippen molar-refractivity contribution in [3.8, 4) is 0 Å². The van der Waals surface area contributed by atoms with Crippen LogP contribution in [0.5, 0.6) is 0 Å². The average molecular weight is 934 g/mol. The Labute approximate surface area is 379 Å². The Morgan fingerprint density at radius 2 is 1.12 bits per heavy atom. The van der Waals surface area contributed by atoms with Crippen LogP contribution in [-0.2, 0) is 43.6 Å². The first-order valence-corrected chi connectivity index (χ1v) is 23.0. The van der Waals surface area contributed by atoms with E-state index in [1.54, 1.807) is 52.2 Å². The molecule has 0 aliphatic carbocycles. The van der Waals surface area contributed by atoms with Crippen LogP contribution in [0.2, 0.25) is 0 Å². The van der Waals surface area contributed by atoms with Gasteiger partial charge in [-0.15, -0.1) is 0 Å². The van der Waals surface area contributed by atoms with E-state index in [1.165, 1.54) is 13.0 Å². The van der Waals surface area contributed by atoms with Crippen molar-refractivity contribution in [3.05, 3.63) is 36.4 Å².